The van der Waals surface area contributed by atoms with Crippen molar-refractivity contribution in [1.82, 2.24) is 0 Å². The average molecular weight is 200 g/mol. The molecule has 2 nitrogen and oxygen atoms in total. The number of rotatable bonds is 4. The van der Waals surface area contributed by atoms with E-state index in [-0.39, 0.29) is 12.2 Å². The molecule has 1 aromatic carbocycles. The van der Waals surface area contributed by atoms with Gasteiger partial charge in [0.25, 0.3) is 0 Å². The fourth-order valence-corrected chi connectivity index (χ4v) is 0.993. The Hall–Kier alpha value is -1.29. The van der Waals surface area contributed by atoms with Gasteiger partial charge < -0.3 is 4.74 Å². The molecule has 0 bridgehead atoms. The van der Waals surface area contributed by atoms with Crippen molar-refractivity contribution in [2.75, 3.05) is 13.2 Å². The maximum absolute atomic E-state index is 12.7. The first-order chi connectivity index (χ1) is 6.63. The maximum atomic E-state index is 12.7. The molecule has 0 spiro atoms. The van der Waals surface area contributed by atoms with Gasteiger partial charge in [-0.1, -0.05) is 0 Å². The van der Waals surface area contributed by atoms with Gasteiger partial charge in [0, 0.05) is 18.2 Å². The number of hydrogen-bond donors (Lipinski definition) is 0. The normalized spacial score (nSPS) is 10.2. The molecule has 0 fully saturated rings. The Morgan fingerprint density at radius 3 is 2.36 bits per heavy atom. The lowest BCUT2D eigenvalue weighted by atomic mass is 10.1. The molecule has 0 amide bonds. The van der Waals surface area contributed by atoms with Crippen molar-refractivity contribution in [3.05, 3.63) is 35.4 Å². The minimum atomic E-state index is -0.759. The molecule has 0 saturated heterocycles. The second kappa shape index (κ2) is 4.81. The highest BCUT2D eigenvalue weighted by atomic mass is 19.1. The van der Waals surface area contributed by atoms with Gasteiger partial charge in [-0.2, -0.15) is 0 Å². The number of ether oxygens (including phenoxy) is 1. The first kappa shape index (κ1) is 10.8. The van der Waals surface area contributed by atoms with Crippen molar-refractivity contribution < 1.29 is 18.3 Å². The van der Waals surface area contributed by atoms with Crippen LogP contribution < -0.4 is 0 Å². The second-order valence-electron chi connectivity index (χ2n) is 2.72. The van der Waals surface area contributed by atoms with Crippen LogP contribution in [-0.4, -0.2) is 19.0 Å². The van der Waals surface area contributed by atoms with Gasteiger partial charge in [0.2, 0.25) is 0 Å². The van der Waals surface area contributed by atoms with E-state index in [0.29, 0.717) is 6.61 Å². The minimum absolute atomic E-state index is 0.00375. The summed E-state index contributed by atoms with van der Waals surface area (Å²) >= 11 is 0. The van der Waals surface area contributed by atoms with Crippen LogP contribution in [0.5, 0.6) is 0 Å². The average Bonchev–Trinajstić information content (AvgIpc) is 2.12. The fourth-order valence-electron chi connectivity index (χ4n) is 0.993. The van der Waals surface area contributed by atoms with E-state index >= 15 is 0 Å². The lowest BCUT2D eigenvalue weighted by molar-refractivity contribution is 0.0782. The molecular weight excluding hydrogens is 190 g/mol. The van der Waals surface area contributed by atoms with Crippen molar-refractivity contribution in [3.8, 4) is 0 Å². The number of carbonyl (C=O) groups excluding carboxylic acids is 1. The molecule has 0 aliphatic carbocycles. The van der Waals surface area contributed by atoms with E-state index in [1.165, 1.54) is 0 Å². The zero-order valence-corrected chi connectivity index (χ0v) is 7.72. The summed E-state index contributed by atoms with van der Waals surface area (Å²) in [6.07, 6.45) is 0. The van der Waals surface area contributed by atoms with E-state index in [1.807, 2.05) is 0 Å². The van der Waals surface area contributed by atoms with E-state index in [2.05, 4.69) is 0 Å². The molecule has 0 radical (unpaired) electrons. The standard InChI is InChI=1S/C10H10F2O2/c1-2-14-6-10(13)7-3-8(11)5-9(12)4-7/h3-5H,2,6H2,1H3. The van der Waals surface area contributed by atoms with Crippen LogP contribution >= 0.6 is 0 Å². The predicted molar refractivity (Wildman–Crippen MR) is 47.2 cm³/mol. The van der Waals surface area contributed by atoms with E-state index in [0.717, 1.165) is 18.2 Å². The second-order valence-corrected chi connectivity index (χ2v) is 2.72. The van der Waals surface area contributed by atoms with Crippen molar-refractivity contribution in [1.29, 1.82) is 0 Å². The highest BCUT2D eigenvalue weighted by Gasteiger charge is 2.08. The molecule has 0 N–H and O–H groups in total. The van der Waals surface area contributed by atoms with Crippen LogP contribution in [-0.2, 0) is 4.74 Å². The highest BCUT2D eigenvalue weighted by molar-refractivity contribution is 5.97. The van der Waals surface area contributed by atoms with Gasteiger partial charge in [0.15, 0.2) is 5.78 Å². The van der Waals surface area contributed by atoms with Gasteiger partial charge in [-0.05, 0) is 19.1 Å². The topological polar surface area (TPSA) is 26.3 Å². The first-order valence-electron chi connectivity index (χ1n) is 4.20. The molecule has 1 rings (SSSR count). The molecule has 4 heteroatoms. The Labute approximate surface area is 80.5 Å². The van der Waals surface area contributed by atoms with Crippen molar-refractivity contribution in [2.45, 2.75) is 6.92 Å². The summed E-state index contributed by atoms with van der Waals surface area (Å²) in [6.45, 7) is 1.97. The van der Waals surface area contributed by atoms with E-state index in [1.54, 1.807) is 6.92 Å². The quantitative estimate of drug-likeness (QED) is 0.696. The van der Waals surface area contributed by atoms with Crippen LogP contribution in [0.2, 0.25) is 0 Å². The largest absolute Gasteiger partial charge is 0.374 e. The molecule has 0 heterocycles. The van der Waals surface area contributed by atoms with E-state index in [4.69, 9.17) is 4.74 Å². The Morgan fingerprint density at radius 2 is 1.86 bits per heavy atom. The molecule has 14 heavy (non-hydrogen) atoms. The Kier molecular flexibility index (Phi) is 3.71. The molecule has 0 aliphatic rings. The van der Waals surface area contributed by atoms with Crippen LogP contribution in [0, 0.1) is 11.6 Å². The van der Waals surface area contributed by atoms with Crippen LogP contribution in [0.1, 0.15) is 17.3 Å². The number of hydrogen-bond acceptors (Lipinski definition) is 2. The number of halogens is 2. The van der Waals surface area contributed by atoms with Gasteiger partial charge in [-0.15, -0.1) is 0 Å². The van der Waals surface area contributed by atoms with Crippen molar-refractivity contribution >= 4 is 5.78 Å². The molecule has 76 valence electrons. The molecular formula is C10H10F2O2. The molecule has 0 aromatic heterocycles. The number of Topliss-reactive ketones (excluding diaryl/α,β-unsaturated/α-hetero) is 1. The smallest absolute Gasteiger partial charge is 0.188 e. The van der Waals surface area contributed by atoms with Gasteiger partial charge in [0.1, 0.15) is 18.2 Å². The highest BCUT2D eigenvalue weighted by Crippen LogP contribution is 2.08. The minimum Gasteiger partial charge on any atom is -0.374 e. The monoisotopic (exact) mass is 200 g/mol. The molecule has 0 saturated carbocycles. The summed E-state index contributed by atoms with van der Waals surface area (Å²) in [5.74, 6) is -1.94. The molecule has 0 aliphatic heterocycles. The number of benzene rings is 1. The summed E-state index contributed by atoms with van der Waals surface area (Å²) < 4.78 is 30.2. The summed E-state index contributed by atoms with van der Waals surface area (Å²) in [7, 11) is 0. The molecule has 0 unspecified atom stereocenters. The molecule has 1 aromatic rings. The summed E-state index contributed by atoms with van der Waals surface area (Å²) in [4.78, 5) is 11.2. The van der Waals surface area contributed by atoms with Crippen LogP contribution in [0.4, 0.5) is 8.78 Å². The van der Waals surface area contributed by atoms with Crippen molar-refractivity contribution in [2.24, 2.45) is 0 Å². The Balaban J connectivity index is 2.79. The lowest BCUT2D eigenvalue weighted by Gasteiger charge is -2.01. The zero-order chi connectivity index (χ0) is 10.6. The van der Waals surface area contributed by atoms with Gasteiger partial charge in [0.05, 0.1) is 0 Å². The first-order valence-corrected chi connectivity index (χ1v) is 4.20. The Morgan fingerprint density at radius 1 is 1.29 bits per heavy atom. The summed E-state index contributed by atoms with van der Waals surface area (Å²) in [5.41, 5.74) is -0.00375. The number of ketones is 1. The third kappa shape index (κ3) is 2.88. The maximum Gasteiger partial charge on any atom is 0.188 e. The SMILES string of the molecule is CCOCC(=O)c1cc(F)cc(F)c1. The Bertz CT molecular complexity index is 317. The van der Waals surface area contributed by atoms with Gasteiger partial charge in [-0.25, -0.2) is 8.78 Å². The van der Waals surface area contributed by atoms with Crippen molar-refractivity contribution in [3.63, 3.8) is 0 Å². The fraction of sp³-hybridized carbons (Fsp3) is 0.300. The summed E-state index contributed by atoms with van der Waals surface area (Å²) in [6, 6.07) is 2.70. The van der Waals surface area contributed by atoms with E-state index < -0.39 is 17.4 Å². The molecule has 0 atom stereocenters. The van der Waals surface area contributed by atoms with Gasteiger partial charge >= 0.3 is 0 Å². The van der Waals surface area contributed by atoms with Crippen LogP contribution in [0.3, 0.4) is 0 Å². The van der Waals surface area contributed by atoms with Crippen LogP contribution in [0.15, 0.2) is 18.2 Å². The third-order valence-electron chi connectivity index (χ3n) is 1.62. The lowest BCUT2D eigenvalue weighted by Crippen LogP contribution is -2.09. The van der Waals surface area contributed by atoms with E-state index in [9.17, 15) is 13.6 Å². The summed E-state index contributed by atoms with van der Waals surface area (Å²) in [5, 5.41) is 0. The van der Waals surface area contributed by atoms with Gasteiger partial charge in [-0.3, -0.25) is 4.79 Å². The van der Waals surface area contributed by atoms with Crippen LogP contribution in [0.25, 0.3) is 0 Å². The number of carbonyl (C=O) groups is 1. The third-order valence-corrected chi connectivity index (χ3v) is 1.62. The zero-order valence-electron chi connectivity index (χ0n) is 7.72. The predicted octanol–water partition coefficient (Wildman–Crippen LogP) is 2.18.